The lowest BCUT2D eigenvalue weighted by Crippen LogP contribution is -2.46. The number of hydrogen-bond donors (Lipinski definition) is 3. The van der Waals surface area contributed by atoms with Gasteiger partial charge in [-0.25, -0.2) is 9.48 Å². The number of aryl methyl sites for hydroxylation is 1. The lowest BCUT2D eigenvalue weighted by atomic mass is 9.93. The maximum Gasteiger partial charge on any atom is 0.323 e. The first kappa shape index (κ1) is 38.0. The molecule has 0 saturated carbocycles. The molecule has 1 atom stereocenters. The molecule has 0 aliphatic carbocycles. The summed E-state index contributed by atoms with van der Waals surface area (Å²) in [7, 11) is 0. The van der Waals surface area contributed by atoms with Crippen LogP contribution in [-0.2, 0) is 19.4 Å². The third kappa shape index (κ3) is 9.06. The van der Waals surface area contributed by atoms with E-state index in [1.54, 1.807) is 33.8 Å². The van der Waals surface area contributed by atoms with E-state index in [0.29, 0.717) is 54.5 Å². The molecule has 10 heteroatoms. The van der Waals surface area contributed by atoms with Crippen molar-refractivity contribution in [3.05, 3.63) is 142 Å². The number of aromatic nitrogens is 2. The average molecular weight is 727 g/mol. The zero-order valence-corrected chi connectivity index (χ0v) is 31.4. The molecule has 1 aromatic heterocycles. The van der Waals surface area contributed by atoms with Crippen LogP contribution in [0.25, 0.3) is 5.69 Å². The fourth-order valence-electron chi connectivity index (χ4n) is 6.99. The number of carbonyl (C=O) groups excluding carboxylic acids is 3. The normalized spacial score (nSPS) is 13.6. The van der Waals surface area contributed by atoms with E-state index >= 15 is 0 Å². The Balaban J connectivity index is 1.30. The fraction of sp³-hybridized carbons (Fsp3) is 0.318. The maximum atomic E-state index is 14.7. The SMILES string of the molecule is CCCCN(CCCC)C(=O)c1cc(C)n(-c2ccc(NC(=O)Nc3cccc(Cc4ccccc4)c3)cc2C(=O)N2Cc3ccccc3CC2CO)n1. The average Bonchev–Trinajstić information content (AvgIpc) is 3.58. The second-order valence-corrected chi connectivity index (χ2v) is 14.0. The molecular formula is C44H50N6O4. The van der Waals surface area contributed by atoms with E-state index in [2.05, 4.69) is 36.6 Å². The van der Waals surface area contributed by atoms with Crippen LogP contribution in [0.3, 0.4) is 0 Å². The highest BCUT2D eigenvalue weighted by molar-refractivity contribution is 6.03. The van der Waals surface area contributed by atoms with Crippen molar-refractivity contribution >= 4 is 29.2 Å². The summed E-state index contributed by atoms with van der Waals surface area (Å²) >= 11 is 0. The molecule has 4 amide bonds. The van der Waals surface area contributed by atoms with Gasteiger partial charge in [0, 0.05) is 36.7 Å². The zero-order chi connectivity index (χ0) is 38.0. The molecule has 1 aliphatic rings. The van der Waals surface area contributed by atoms with Crippen LogP contribution < -0.4 is 10.6 Å². The zero-order valence-electron chi connectivity index (χ0n) is 31.4. The molecule has 0 radical (unpaired) electrons. The van der Waals surface area contributed by atoms with E-state index < -0.39 is 12.1 Å². The van der Waals surface area contributed by atoms with Gasteiger partial charge in [-0.15, -0.1) is 0 Å². The van der Waals surface area contributed by atoms with Crippen molar-refractivity contribution in [2.45, 2.75) is 71.9 Å². The molecule has 1 unspecified atom stereocenters. The predicted octanol–water partition coefficient (Wildman–Crippen LogP) is 8.02. The van der Waals surface area contributed by atoms with E-state index in [-0.39, 0.29) is 24.0 Å². The molecule has 5 aromatic rings. The Hall–Kier alpha value is -5.74. The van der Waals surface area contributed by atoms with Gasteiger partial charge in [-0.2, -0.15) is 5.10 Å². The number of urea groups is 1. The van der Waals surface area contributed by atoms with Crippen molar-refractivity contribution in [2.24, 2.45) is 0 Å². The van der Waals surface area contributed by atoms with E-state index in [4.69, 9.17) is 5.10 Å². The number of unbranched alkanes of at least 4 members (excludes halogenated alkanes) is 2. The second-order valence-electron chi connectivity index (χ2n) is 14.0. The van der Waals surface area contributed by atoms with E-state index in [9.17, 15) is 19.5 Å². The second kappa shape index (κ2) is 17.9. The number of aliphatic hydroxyl groups excluding tert-OH is 1. The first-order chi connectivity index (χ1) is 26.3. The lowest BCUT2D eigenvalue weighted by Gasteiger charge is -2.36. The van der Waals surface area contributed by atoms with Crippen LogP contribution in [0.4, 0.5) is 16.2 Å². The molecule has 0 fully saturated rings. The van der Waals surface area contributed by atoms with Crippen LogP contribution in [0.2, 0.25) is 0 Å². The van der Waals surface area contributed by atoms with E-state index in [1.165, 1.54) is 5.56 Å². The van der Waals surface area contributed by atoms with Gasteiger partial charge in [0.05, 0.1) is 23.9 Å². The minimum absolute atomic E-state index is 0.137. The molecule has 1 aliphatic heterocycles. The van der Waals surface area contributed by atoms with Gasteiger partial charge in [0.15, 0.2) is 5.69 Å². The van der Waals surface area contributed by atoms with Gasteiger partial charge in [-0.1, -0.05) is 93.4 Å². The molecule has 0 bridgehead atoms. The topological polar surface area (TPSA) is 120 Å². The first-order valence-corrected chi connectivity index (χ1v) is 19.0. The number of benzene rings is 4. The Kier molecular flexibility index (Phi) is 12.6. The number of nitrogens with one attached hydrogen (secondary N) is 2. The first-order valence-electron chi connectivity index (χ1n) is 19.0. The summed E-state index contributed by atoms with van der Waals surface area (Å²) in [6.45, 7) is 7.50. The van der Waals surface area contributed by atoms with Gasteiger partial charge in [0.1, 0.15) is 0 Å². The Morgan fingerprint density at radius 2 is 1.46 bits per heavy atom. The van der Waals surface area contributed by atoms with Crippen LogP contribution in [-0.4, -0.2) is 68.3 Å². The number of hydrogen-bond acceptors (Lipinski definition) is 5. The van der Waals surface area contributed by atoms with Crippen LogP contribution in [0.5, 0.6) is 0 Å². The minimum atomic E-state index is -0.458. The van der Waals surface area contributed by atoms with Crippen molar-refractivity contribution in [1.29, 1.82) is 0 Å². The summed E-state index contributed by atoms with van der Waals surface area (Å²) in [5, 5.41) is 21.1. The highest BCUT2D eigenvalue weighted by Crippen LogP contribution is 2.29. The van der Waals surface area contributed by atoms with Crippen molar-refractivity contribution in [3.63, 3.8) is 0 Å². The quantitative estimate of drug-likeness (QED) is 0.107. The molecule has 10 nitrogen and oxygen atoms in total. The standard InChI is InChI=1S/C44H50N6O4/c1-4-6-22-48(23-7-5-2)43(53)40-24-31(3)50(47-40)41-21-20-37(28-39(41)42(52)49-29-35-18-12-11-17-34(35)27-38(49)30-51)46-44(54)45-36-19-13-16-33(26-36)25-32-14-9-8-10-15-32/h8-21,24,26,28,38,51H,4-7,22-23,25,27,29-30H2,1-3H3,(H2,45,46,54). The van der Waals surface area contributed by atoms with Gasteiger partial charge in [-0.05, 0) is 91.3 Å². The summed E-state index contributed by atoms with van der Waals surface area (Å²) in [4.78, 5) is 45.3. The van der Waals surface area contributed by atoms with E-state index in [1.807, 2.05) is 78.6 Å². The smallest absolute Gasteiger partial charge is 0.323 e. The third-order valence-electron chi connectivity index (χ3n) is 9.93. The number of aliphatic hydroxyl groups is 1. The summed E-state index contributed by atoms with van der Waals surface area (Å²) in [6, 6.07) is 31.8. The van der Waals surface area contributed by atoms with Gasteiger partial charge in [-0.3, -0.25) is 9.59 Å². The van der Waals surface area contributed by atoms with Crippen LogP contribution in [0, 0.1) is 6.92 Å². The van der Waals surface area contributed by atoms with Crippen LogP contribution in [0.15, 0.2) is 103 Å². The van der Waals surface area contributed by atoms with Crippen molar-refractivity contribution in [2.75, 3.05) is 30.3 Å². The lowest BCUT2D eigenvalue weighted by molar-refractivity contribution is 0.0544. The molecule has 0 spiro atoms. The number of carbonyl (C=O) groups is 3. The van der Waals surface area contributed by atoms with Gasteiger partial charge < -0.3 is 25.5 Å². The number of rotatable bonds is 14. The molecule has 54 heavy (non-hydrogen) atoms. The van der Waals surface area contributed by atoms with Crippen LogP contribution in [0.1, 0.15) is 88.3 Å². The molecule has 2 heterocycles. The molecule has 6 rings (SSSR count). The van der Waals surface area contributed by atoms with Crippen molar-refractivity contribution < 1.29 is 19.5 Å². The number of nitrogens with zero attached hydrogens (tertiary/aromatic N) is 4. The third-order valence-corrected chi connectivity index (χ3v) is 9.93. The summed E-state index contributed by atoms with van der Waals surface area (Å²) in [5.41, 5.74) is 7.16. The molecule has 4 aromatic carbocycles. The van der Waals surface area contributed by atoms with E-state index in [0.717, 1.165) is 48.8 Å². The number of amides is 4. The highest BCUT2D eigenvalue weighted by Gasteiger charge is 2.32. The molecule has 280 valence electrons. The van der Waals surface area contributed by atoms with Crippen molar-refractivity contribution in [1.82, 2.24) is 19.6 Å². The maximum absolute atomic E-state index is 14.7. The highest BCUT2D eigenvalue weighted by atomic mass is 16.3. The Bertz CT molecular complexity index is 2070. The summed E-state index contributed by atoms with van der Waals surface area (Å²) < 4.78 is 1.63. The van der Waals surface area contributed by atoms with Crippen molar-refractivity contribution in [3.8, 4) is 5.69 Å². The minimum Gasteiger partial charge on any atom is -0.394 e. The number of anilines is 2. The number of fused-ring (bicyclic) bond motifs is 1. The summed E-state index contributed by atoms with van der Waals surface area (Å²) in [6.07, 6.45) is 5.01. The molecule has 0 saturated heterocycles. The predicted molar refractivity (Wildman–Crippen MR) is 213 cm³/mol. The largest absolute Gasteiger partial charge is 0.394 e. The fourth-order valence-corrected chi connectivity index (χ4v) is 6.99. The Morgan fingerprint density at radius 1 is 0.796 bits per heavy atom. The van der Waals surface area contributed by atoms with Crippen LogP contribution >= 0.6 is 0 Å². The van der Waals surface area contributed by atoms with Gasteiger partial charge >= 0.3 is 6.03 Å². The van der Waals surface area contributed by atoms with Gasteiger partial charge in [0.25, 0.3) is 11.8 Å². The van der Waals surface area contributed by atoms with Gasteiger partial charge in [0.2, 0.25) is 0 Å². The molecule has 3 N–H and O–H groups in total. The summed E-state index contributed by atoms with van der Waals surface area (Å²) in [5.74, 6) is -0.450. The Morgan fingerprint density at radius 3 is 2.17 bits per heavy atom. The molecular weight excluding hydrogens is 677 g/mol. The monoisotopic (exact) mass is 726 g/mol. The Labute approximate surface area is 317 Å².